The van der Waals surface area contributed by atoms with Crippen LogP contribution < -0.4 is 11.1 Å². The third kappa shape index (κ3) is 6.50. The quantitative estimate of drug-likeness (QED) is 0.260. The van der Waals surface area contributed by atoms with Crippen molar-refractivity contribution in [2.75, 3.05) is 30.0 Å². The van der Waals surface area contributed by atoms with Crippen LogP contribution in [-0.4, -0.2) is 51.6 Å². The zero-order chi connectivity index (χ0) is 26.9. The number of ether oxygens (including phenoxy) is 2. The number of benzene rings is 1. The number of carbonyl (C=O) groups is 3. The summed E-state index contributed by atoms with van der Waals surface area (Å²) < 4.78 is 17.3. The molecule has 0 saturated heterocycles. The van der Waals surface area contributed by atoms with E-state index >= 15 is 0 Å². The number of anilines is 2. The Morgan fingerprint density at radius 2 is 1.70 bits per heavy atom. The van der Waals surface area contributed by atoms with E-state index in [1.54, 1.807) is 18.4 Å². The molecule has 1 aromatic carbocycles. The molecule has 0 bridgehead atoms. The lowest BCUT2D eigenvalue weighted by Gasteiger charge is -2.18. The summed E-state index contributed by atoms with van der Waals surface area (Å²) in [7, 11) is 0. The molecule has 2 aromatic heterocycles. The van der Waals surface area contributed by atoms with E-state index in [2.05, 4.69) is 15.5 Å². The zero-order valence-corrected chi connectivity index (χ0v) is 22.1. The lowest BCUT2D eigenvalue weighted by atomic mass is 10.1. The van der Waals surface area contributed by atoms with Crippen LogP contribution in [0.2, 0.25) is 0 Å². The van der Waals surface area contributed by atoms with Crippen molar-refractivity contribution in [2.24, 2.45) is 0 Å². The molecule has 11 nitrogen and oxygen atoms in total. The van der Waals surface area contributed by atoms with Gasteiger partial charge >= 0.3 is 11.9 Å². The SMILES string of the molecule is CCOC(=O)c1c(C)oc(NC(=O)C(CC)n2c(N)nnc2SCCc2ccccc2)c1C(=O)OCC. The summed E-state index contributed by atoms with van der Waals surface area (Å²) in [5, 5.41) is 11.2. The Labute approximate surface area is 219 Å². The molecule has 0 aliphatic carbocycles. The number of furan rings is 1. The molecule has 1 unspecified atom stereocenters. The number of nitrogens with two attached hydrogens (primary N) is 1. The average Bonchev–Trinajstić information content (AvgIpc) is 3.40. The van der Waals surface area contributed by atoms with Gasteiger partial charge in [-0.3, -0.25) is 14.7 Å². The molecule has 3 rings (SSSR count). The lowest BCUT2D eigenvalue weighted by Crippen LogP contribution is -2.28. The van der Waals surface area contributed by atoms with Gasteiger partial charge in [-0.1, -0.05) is 49.0 Å². The third-order valence-corrected chi connectivity index (χ3v) is 6.38. The molecular formula is C25H31N5O6S. The minimum absolute atomic E-state index is 0.0666. The van der Waals surface area contributed by atoms with Crippen LogP contribution in [0.1, 0.15) is 65.3 Å². The molecule has 0 aliphatic heterocycles. The summed E-state index contributed by atoms with van der Waals surface area (Å²) in [6.45, 7) is 6.75. The number of aromatic nitrogens is 3. The first-order chi connectivity index (χ1) is 17.8. The first kappa shape index (κ1) is 27.8. The molecule has 1 atom stereocenters. The second-order valence-electron chi connectivity index (χ2n) is 7.89. The van der Waals surface area contributed by atoms with Crippen LogP contribution in [0.4, 0.5) is 11.8 Å². The maximum atomic E-state index is 13.4. The third-order valence-electron chi connectivity index (χ3n) is 5.44. The summed E-state index contributed by atoms with van der Waals surface area (Å²) in [5.41, 5.74) is 6.97. The number of carbonyl (C=O) groups excluding carboxylic acids is 3. The van der Waals surface area contributed by atoms with Crippen LogP contribution in [0, 0.1) is 6.92 Å². The lowest BCUT2D eigenvalue weighted by molar-refractivity contribution is -0.119. The van der Waals surface area contributed by atoms with Gasteiger partial charge in [0.05, 0.1) is 13.2 Å². The van der Waals surface area contributed by atoms with Crippen molar-refractivity contribution in [1.29, 1.82) is 0 Å². The van der Waals surface area contributed by atoms with E-state index in [-0.39, 0.29) is 41.9 Å². The molecule has 37 heavy (non-hydrogen) atoms. The van der Waals surface area contributed by atoms with Gasteiger partial charge in [0.2, 0.25) is 17.7 Å². The molecule has 12 heteroatoms. The number of hydrogen-bond donors (Lipinski definition) is 2. The first-order valence-corrected chi connectivity index (χ1v) is 13.0. The summed E-state index contributed by atoms with van der Waals surface area (Å²) in [4.78, 5) is 38.6. The number of nitrogen functional groups attached to an aromatic ring is 1. The predicted octanol–water partition coefficient (Wildman–Crippen LogP) is 4.04. The van der Waals surface area contributed by atoms with Crippen LogP contribution in [0.5, 0.6) is 0 Å². The number of nitrogens with one attached hydrogen (secondary N) is 1. The van der Waals surface area contributed by atoms with Crippen LogP contribution in [0.15, 0.2) is 39.9 Å². The molecular weight excluding hydrogens is 498 g/mol. The van der Waals surface area contributed by atoms with Crippen molar-refractivity contribution >= 4 is 41.4 Å². The van der Waals surface area contributed by atoms with Crippen LogP contribution in [-0.2, 0) is 20.7 Å². The largest absolute Gasteiger partial charge is 0.462 e. The maximum Gasteiger partial charge on any atom is 0.344 e. The fourth-order valence-corrected chi connectivity index (χ4v) is 4.72. The van der Waals surface area contributed by atoms with Gasteiger partial charge in [-0.05, 0) is 39.2 Å². The van der Waals surface area contributed by atoms with Gasteiger partial charge in [-0.15, -0.1) is 10.2 Å². The molecule has 0 saturated carbocycles. The summed E-state index contributed by atoms with van der Waals surface area (Å²) >= 11 is 1.43. The van der Waals surface area contributed by atoms with E-state index in [0.29, 0.717) is 17.3 Å². The highest BCUT2D eigenvalue weighted by Crippen LogP contribution is 2.31. The van der Waals surface area contributed by atoms with Gasteiger partial charge in [0.25, 0.3) is 0 Å². The van der Waals surface area contributed by atoms with E-state index in [1.807, 2.05) is 37.3 Å². The van der Waals surface area contributed by atoms with Gasteiger partial charge in [0.15, 0.2) is 5.16 Å². The van der Waals surface area contributed by atoms with Gasteiger partial charge in [0, 0.05) is 5.75 Å². The predicted molar refractivity (Wildman–Crippen MR) is 139 cm³/mol. The van der Waals surface area contributed by atoms with E-state index in [0.717, 1.165) is 6.42 Å². The second kappa shape index (κ2) is 12.9. The highest BCUT2D eigenvalue weighted by molar-refractivity contribution is 7.99. The molecule has 0 radical (unpaired) electrons. The normalized spacial score (nSPS) is 11.7. The molecule has 1 amide bonds. The molecule has 3 aromatic rings. The number of rotatable bonds is 12. The number of amides is 1. The fourth-order valence-electron chi connectivity index (χ4n) is 3.74. The molecule has 0 aliphatic rings. The Morgan fingerprint density at radius 3 is 2.32 bits per heavy atom. The van der Waals surface area contributed by atoms with E-state index < -0.39 is 23.9 Å². The molecule has 3 N–H and O–H groups in total. The zero-order valence-electron chi connectivity index (χ0n) is 21.3. The van der Waals surface area contributed by atoms with Crippen molar-refractivity contribution in [3.05, 3.63) is 52.8 Å². The van der Waals surface area contributed by atoms with Crippen LogP contribution in [0.25, 0.3) is 0 Å². The molecule has 198 valence electrons. The first-order valence-electron chi connectivity index (χ1n) is 12.0. The number of esters is 2. The maximum absolute atomic E-state index is 13.4. The summed E-state index contributed by atoms with van der Waals surface area (Å²) in [6, 6.07) is 9.19. The fraction of sp³-hybridized carbons (Fsp3) is 0.400. The number of thioether (sulfide) groups is 1. The number of hydrogen-bond acceptors (Lipinski definition) is 10. The number of aryl methyl sites for hydroxylation is 2. The summed E-state index contributed by atoms with van der Waals surface area (Å²) in [6.07, 6.45) is 1.14. The second-order valence-corrected chi connectivity index (χ2v) is 8.95. The van der Waals surface area contributed by atoms with Crippen LogP contribution >= 0.6 is 11.8 Å². The molecule has 0 fully saturated rings. The Balaban J connectivity index is 1.85. The Hall–Kier alpha value is -3.80. The minimum atomic E-state index is -0.813. The van der Waals surface area contributed by atoms with Gasteiger partial charge in [0.1, 0.15) is 22.9 Å². The van der Waals surface area contributed by atoms with Gasteiger partial charge < -0.3 is 19.6 Å². The monoisotopic (exact) mass is 529 g/mol. The van der Waals surface area contributed by atoms with Gasteiger partial charge in [-0.2, -0.15) is 0 Å². The Kier molecular flexibility index (Phi) is 9.72. The topological polar surface area (TPSA) is 152 Å². The Bertz CT molecular complexity index is 1240. The van der Waals surface area contributed by atoms with E-state index in [9.17, 15) is 14.4 Å². The van der Waals surface area contributed by atoms with E-state index in [4.69, 9.17) is 19.6 Å². The standard InChI is InChI=1S/C25H31N5O6S/c1-5-17(30-24(26)28-29-25(30)37-14-13-16-11-9-8-10-12-16)20(31)27-21-19(23(33)35-7-3)18(15(4)36-21)22(32)34-6-2/h8-12,17H,5-7,13-14H2,1-4H3,(H2,26,28)(H,27,31). The van der Waals surface area contributed by atoms with E-state index in [1.165, 1.54) is 24.2 Å². The highest BCUT2D eigenvalue weighted by atomic mass is 32.2. The molecule has 0 spiro atoms. The number of nitrogens with zero attached hydrogens (tertiary/aromatic N) is 3. The highest BCUT2D eigenvalue weighted by Gasteiger charge is 2.33. The minimum Gasteiger partial charge on any atom is -0.462 e. The average molecular weight is 530 g/mol. The van der Waals surface area contributed by atoms with Crippen LogP contribution in [0.3, 0.4) is 0 Å². The van der Waals surface area contributed by atoms with Crippen molar-refractivity contribution in [2.45, 2.75) is 51.7 Å². The van der Waals surface area contributed by atoms with Crippen molar-refractivity contribution in [1.82, 2.24) is 14.8 Å². The molecule has 2 heterocycles. The van der Waals surface area contributed by atoms with Crippen molar-refractivity contribution in [3.8, 4) is 0 Å². The summed E-state index contributed by atoms with van der Waals surface area (Å²) in [5.74, 6) is -1.39. The van der Waals surface area contributed by atoms with Crippen molar-refractivity contribution < 1.29 is 28.3 Å². The smallest absolute Gasteiger partial charge is 0.344 e. The van der Waals surface area contributed by atoms with Gasteiger partial charge in [-0.25, -0.2) is 9.59 Å². The Morgan fingerprint density at radius 1 is 1.05 bits per heavy atom. The van der Waals surface area contributed by atoms with Crippen molar-refractivity contribution in [3.63, 3.8) is 0 Å².